The predicted molar refractivity (Wildman–Crippen MR) is 85.0 cm³/mol. The molecule has 4 nitrogen and oxygen atoms in total. The van der Waals surface area contributed by atoms with Gasteiger partial charge in [-0.2, -0.15) is 0 Å². The summed E-state index contributed by atoms with van der Waals surface area (Å²) in [5.74, 6) is 0.0405. The number of nitrogens with two attached hydrogens (primary N) is 1. The van der Waals surface area contributed by atoms with Crippen molar-refractivity contribution in [2.45, 2.75) is 12.8 Å². The van der Waals surface area contributed by atoms with E-state index in [4.69, 9.17) is 18.0 Å². The van der Waals surface area contributed by atoms with Gasteiger partial charge in [-0.25, -0.2) is 0 Å². The second kappa shape index (κ2) is 6.81. The first-order chi connectivity index (χ1) is 9.58. The Balaban J connectivity index is 1.90. The molecule has 1 aromatic carbocycles. The zero-order valence-corrected chi connectivity index (χ0v) is 12.7. The van der Waals surface area contributed by atoms with Crippen molar-refractivity contribution < 1.29 is 4.79 Å². The Morgan fingerprint density at radius 3 is 2.35 bits per heavy atom. The quantitative estimate of drug-likeness (QED) is 0.835. The van der Waals surface area contributed by atoms with Crippen molar-refractivity contribution in [1.82, 2.24) is 9.80 Å². The molecular formula is C15H21N3OS. The molecule has 0 atom stereocenters. The molecule has 1 amide bonds. The molecule has 0 aliphatic carbocycles. The second-order valence-electron chi connectivity index (χ2n) is 5.22. The van der Waals surface area contributed by atoms with E-state index in [2.05, 4.69) is 4.90 Å². The molecule has 2 N–H and O–H groups in total. The minimum atomic E-state index is 0.0405. The van der Waals surface area contributed by atoms with Crippen molar-refractivity contribution in [2.75, 3.05) is 33.2 Å². The highest BCUT2D eigenvalue weighted by molar-refractivity contribution is 7.80. The van der Waals surface area contributed by atoms with Crippen LogP contribution in [0.3, 0.4) is 0 Å². The SMILES string of the molecule is CN(CCN1CCCC1)C(=O)c1ccc(C(N)=S)cc1. The first kappa shape index (κ1) is 14.9. The van der Waals surface area contributed by atoms with E-state index >= 15 is 0 Å². The summed E-state index contributed by atoms with van der Waals surface area (Å²) >= 11 is 4.90. The van der Waals surface area contributed by atoms with E-state index in [1.54, 1.807) is 29.2 Å². The summed E-state index contributed by atoms with van der Waals surface area (Å²) in [5.41, 5.74) is 7.01. The number of carbonyl (C=O) groups is 1. The summed E-state index contributed by atoms with van der Waals surface area (Å²) in [4.78, 5) is 16.8. The lowest BCUT2D eigenvalue weighted by Crippen LogP contribution is -2.35. The number of amides is 1. The van der Waals surface area contributed by atoms with E-state index in [0.717, 1.165) is 31.7 Å². The normalized spacial score (nSPS) is 15.2. The molecule has 5 heteroatoms. The number of likely N-dealkylation sites (N-methyl/N-ethyl adjacent to an activating group) is 1. The van der Waals surface area contributed by atoms with Crippen molar-refractivity contribution in [3.05, 3.63) is 35.4 Å². The van der Waals surface area contributed by atoms with Crippen molar-refractivity contribution in [3.8, 4) is 0 Å². The third-order valence-electron chi connectivity index (χ3n) is 3.71. The van der Waals surface area contributed by atoms with Crippen LogP contribution in [0.1, 0.15) is 28.8 Å². The Morgan fingerprint density at radius 2 is 1.80 bits per heavy atom. The average molecular weight is 291 g/mol. The summed E-state index contributed by atoms with van der Waals surface area (Å²) in [7, 11) is 1.85. The summed E-state index contributed by atoms with van der Waals surface area (Å²) in [6.45, 7) is 4.03. The lowest BCUT2D eigenvalue weighted by Gasteiger charge is -2.21. The van der Waals surface area contributed by atoms with E-state index < -0.39 is 0 Å². The highest BCUT2D eigenvalue weighted by atomic mass is 32.1. The Hall–Kier alpha value is -1.46. The molecule has 0 aromatic heterocycles. The van der Waals surface area contributed by atoms with Crippen LogP contribution in [-0.2, 0) is 0 Å². The lowest BCUT2D eigenvalue weighted by molar-refractivity contribution is 0.0782. The summed E-state index contributed by atoms with van der Waals surface area (Å²) in [5, 5.41) is 0. The van der Waals surface area contributed by atoms with E-state index in [-0.39, 0.29) is 5.91 Å². The fourth-order valence-corrected chi connectivity index (χ4v) is 2.53. The van der Waals surface area contributed by atoms with Crippen molar-refractivity contribution in [3.63, 3.8) is 0 Å². The number of benzene rings is 1. The fraction of sp³-hybridized carbons (Fsp3) is 0.467. The molecule has 1 aliphatic rings. The van der Waals surface area contributed by atoms with Gasteiger partial charge in [0.2, 0.25) is 0 Å². The maximum Gasteiger partial charge on any atom is 0.253 e. The zero-order chi connectivity index (χ0) is 14.5. The Labute approximate surface area is 125 Å². The number of nitrogens with zero attached hydrogens (tertiary/aromatic N) is 2. The Bertz CT molecular complexity index is 480. The molecule has 2 rings (SSSR count). The van der Waals surface area contributed by atoms with Gasteiger partial charge < -0.3 is 15.5 Å². The third-order valence-corrected chi connectivity index (χ3v) is 3.95. The minimum absolute atomic E-state index is 0.0405. The van der Waals surface area contributed by atoms with Gasteiger partial charge >= 0.3 is 0 Å². The lowest BCUT2D eigenvalue weighted by atomic mass is 10.1. The van der Waals surface area contributed by atoms with Gasteiger partial charge in [0.15, 0.2) is 0 Å². The molecule has 1 fully saturated rings. The van der Waals surface area contributed by atoms with Gasteiger partial charge in [-0.15, -0.1) is 0 Å². The molecule has 0 bridgehead atoms. The maximum atomic E-state index is 12.3. The zero-order valence-electron chi connectivity index (χ0n) is 11.8. The Kier molecular flexibility index (Phi) is 5.09. The van der Waals surface area contributed by atoms with Crippen LogP contribution < -0.4 is 5.73 Å². The molecule has 108 valence electrons. The molecule has 1 saturated heterocycles. The first-order valence-electron chi connectivity index (χ1n) is 6.95. The molecule has 1 aromatic rings. The number of hydrogen-bond acceptors (Lipinski definition) is 3. The van der Waals surface area contributed by atoms with E-state index in [0.29, 0.717) is 10.6 Å². The van der Waals surface area contributed by atoms with Gasteiger partial charge in [0.1, 0.15) is 4.99 Å². The molecule has 0 radical (unpaired) electrons. The standard InChI is InChI=1S/C15H21N3OS/c1-17(10-11-18-8-2-3-9-18)15(19)13-6-4-12(5-7-13)14(16)20/h4-7H,2-3,8-11H2,1H3,(H2,16,20). The van der Waals surface area contributed by atoms with E-state index in [9.17, 15) is 4.79 Å². The second-order valence-corrected chi connectivity index (χ2v) is 5.66. The van der Waals surface area contributed by atoms with Crippen molar-refractivity contribution >= 4 is 23.1 Å². The highest BCUT2D eigenvalue weighted by Crippen LogP contribution is 2.09. The van der Waals surface area contributed by atoms with Gasteiger partial charge in [0.25, 0.3) is 5.91 Å². The number of carbonyl (C=O) groups excluding carboxylic acids is 1. The molecule has 20 heavy (non-hydrogen) atoms. The summed E-state index contributed by atoms with van der Waals surface area (Å²) in [6.07, 6.45) is 2.55. The van der Waals surface area contributed by atoms with Crippen LogP contribution in [0, 0.1) is 0 Å². The summed E-state index contributed by atoms with van der Waals surface area (Å²) < 4.78 is 0. The highest BCUT2D eigenvalue weighted by Gasteiger charge is 2.15. The maximum absolute atomic E-state index is 12.3. The van der Waals surface area contributed by atoms with Crippen LogP contribution in [0.15, 0.2) is 24.3 Å². The van der Waals surface area contributed by atoms with Gasteiger partial charge in [0, 0.05) is 31.3 Å². The first-order valence-corrected chi connectivity index (χ1v) is 7.36. The fourth-order valence-electron chi connectivity index (χ4n) is 2.40. The van der Waals surface area contributed by atoms with Crippen LogP contribution in [0.2, 0.25) is 0 Å². The van der Waals surface area contributed by atoms with Gasteiger partial charge in [-0.3, -0.25) is 4.79 Å². The minimum Gasteiger partial charge on any atom is -0.389 e. The third kappa shape index (κ3) is 3.77. The van der Waals surface area contributed by atoms with Crippen molar-refractivity contribution in [2.24, 2.45) is 5.73 Å². The smallest absolute Gasteiger partial charge is 0.253 e. The van der Waals surface area contributed by atoms with Crippen molar-refractivity contribution in [1.29, 1.82) is 0 Å². The Morgan fingerprint density at radius 1 is 1.25 bits per heavy atom. The summed E-state index contributed by atoms with van der Waals surface area (Å²) in [6, 6.07) is 7.15. The topological polar surface area (TPSA) is 49.6 Å². The van der Waals surface area contributed by atoms with Gasteiger partial charge in [0.05, 0.1) is 0 Å². The van der Waals surface area contributed by atoms with Gasteiger partial charge in [-0.05, 0) is 38.1 Å². The monoisotopic (exact) mass is 291 g/mol. The molecule has 0 saturated carbocycles. The molecule has 0 unspecified atom stereocenters. The van der Waals surface area contributed by atoms with Gasteiger partial charge in [-0.1, -0.05) is 24.4 Å². The van der Waals surface area contributed by atoms with Crippen LogP contribution in [-0.4, -0.2) is 53.9 Å². The molecular weight excluding hydrogens is 270 g/mol. The number of rotatable bonds is 5. The van der Waals surface area contributed by atoms with Crippen LogP contribution in [0.5, 0.6) is 0 Å². The largest absolute Gasteiger partial charge is 0.389 e. The predicted octanol–water partition coefficient (Wildman–Crippen LogP) is 1.49. The van der Waals surface area contributed by atoms with Crippen LogP contribution in [0.4, 0.5) is 0 Å². The molecule has 0 spiro atoms. The number of thiocarbonyl (C=S) groups is 1. The number of likely N-dealkylation sites (tertiary alicyclic amines) is 1. The molecule has 1 heterocycles. The van der Waals surface area contributed by atoms with Crippen LogP contribution >= 0.6 is 12.2 Å². The average Bonchev–Trinajstić information content (AvgIpc) is 2.97. The molecule has 1 aliphatic heterocycles. The number of hydrogen-bond donors (Lipinski definition) is 1. The van der Waals surface area contributed by atoms with E-state index in [1.807, 2.05) is 7.05 Å². The van der Waals surface area contributed by atoms with Crippen LogP contribution in [0.25, 0.3) is 0 Å². The van der Waals surface area contributed by atoms with E-state index in [1.165, 1.54) is 12.8 Å².